The van der Waals surface area contributed by atoms with Gasteiger partial charge in [0.2, 0.25) is 5.88 Å². The summed E-state index contributed by atoms with van der Waals surface area (Å²) in [6.07, 6.45) is 5.28. The fourth-order valence-corrected chi connectivity index (χ4v) is 3.62. The number of nitrogens with zero attached hydrogens (tertiary/aromatic N) is 4. The van der Waals surface area contributed by atoms with Crippen molar-refractivity contribution in [3.63, 3.8) is 0 Å². The molecule has 1 N–H and O–H groups in total. The predicted molar refractivity (Wildman–Crippen MR) is 123 cm³/mol. The van der Waals surface area contributed by atoms with Crippen LogP contribution in [0.4, 0.5) is 8.78 Å². The fourth-order valence-electron chi connectivity index (χ4n) is 3.62. The monoisotopic (exact) mass is 469 g/mol. The molecule has 3 aromatic heterocycles. The molecule has 1 aliphatic carbocycles. The average molecular weight is 470 g/mol. The summed E-state index contributed by atoms with van der Waals surface area (Å²) in [5.74, 6) is 0.533. The van der Waals surface area contributed by atoms with Crippen LogP contribution in [-0.4, -0.2) is 25.7 Å². The third-order valence-corrected chi connectivity index (χ3v) is 5.71. The van der Waals surface area contributed by atoms with Gasteiger partial charge < -0.3 is 10.1 Å². The van der Waals surface area contributed by atoms with Crippen LogP contribution in [0.1, 0.15) is 72.9 Å². The van der Waals surface area contributed by atoms with E-state index < -0.39 is 17.9 Å². The first-order valence-electron chi connectivity index (χ1n) is 11.4. The normalized spacial score (nSPS) is 13.9. The maximum Gasteiger partial charge on any atom is 0.272 e. The first-order chi connectivity index (χ1) is 16.1. The zero-order valence-electron chi connectivity index (χ0n) is 19.8. The molecule has 1 aliphatic rings. The predicted octanol–water partition coefficient (Wildman–Crippen LogP) is 5.35. The molecule has 180 valence electrons. The summed E-state index contributed by atoms with van der Waals surface area (Å²) in [5.41, 5.74) is 1.72. The summed E-state index contributed by atoms with van der Waals surface area (Å²) in [7, 11) is 0. The van der Waals surface area contributed by atoms with Gasteiger partial charge in [0.05, 0.1) is 29.5 Å². The van der Waals surface area contributed by atoms with Crippen molar-refractivity contribution in [1.29, 1.82) is 0 Å². The van der Waals surface area contributed by atoms with Gasteiger partial charge in [-0.1, -0.05) is 6.07 Å². The van der Waals surface area contributed by atoms with E-state index in [1.54, 1.807) is 6.92 Å². The smallest absolute Gasteiger partial charge is 0.272 e. The van der Waals surface area contributed by atoms with Gasteiger partial charge in [-0.3, -0.25) is 14.8 Å². The molecule has 0 aliphatic heterocycles. The quantitative estimate of drug-likeness (QED) is 0.481. The van der Waals surface area contributed by atoms with Crippen LogP contribution in [0.15, 0.2) is 36.8 Å². The molecule has 34 heavy (non-hydrogen) atoms. The topological polar surface area (TPSA) is 81.9 Å². The minimum Gasteiger partial charge on any atom is -0.437 e. The van der Waals surface area contributed by atoms with Crippen LogP contribution in [0, 0.1) is 12.8 Å². The molecule has 9 heteroatoms. The Morgan fingerprint density at radius 1 is 1.24 bits per heavy atom. The van der Waals surface area contributed by atoms with Crippen LogP contribution >= 0.6 is 0 Å². The summed E-state index contributed by atoms with van der Waals surface area (Å²) >= 11 is 0. The molecule has 3 heterocycles. The van der Waals surface area contributed by atoms with E-state index in [2.05, 4.69) is 20.4 Å². The van der Waals surface area contributed by atoms with Gasteiger partial charge in [0.1, 0.15) is 0 Å². The zero-order valence-corrected chi connectivity index (χ0v) is 19.8. The van der Waals surface area contributed by atoms with E-state index in [1.165, 1.54) is 41.5 Å². The number of alkyl halides is 2. The molecule has 0 aromatic carbocycles. The summed E-state index contributed by atoms with van der Waals surface area (Å²) in [4.78, 5) is 21.3. The molecule has 0 saturated heterocycles. The highest BCUT2D eigenvalue weighted by Crippen LogP contribution is 2.36. The van der Waals surface area contributed by atoms with E-state index in [0.29, 0.717) is 5.56 Å². The van der Waals surface area contributed by atoms with Crippen molar-refractivity contribution in [2.24, 2.45) is 5.92 Å². The van der Waals surface area contributed by atoms with Gasteiger partial charge in [-0.25, -0.2) is 13.5 Å². The summed E-state index contributed by atoms with van der Waals surface area (Å²) in [6.45, 7) is 7.59. The number of halogens is 2. The van der Waals surface area contributed by atoms with Gasteiger partial charge in [0.15, 0.2) is 11.4 Å². The Morgan fingerprint density at radius 3 is 2.62 bits per heavy atom. The lowest BCUT2D eigenvalue weighted by Crippen LogP contribution is -2.27. The third-order valence-electron chi connectivity index (χ3n) is 5.71. The van der Waals surface area contributed by atoms with E-state index in [-0.39, 0.29) is 29.4 Å². The number of amides is 1. The maximum absolute atomic E-state index is 13.5. The first kappa shape index (κ1) is 23.8. The van der Waals surface area contributed by atoms with Gasteiger partial charge in [-0.05, 0) is 70.6 Å². The summed E-state index contributed by atoms with van der Waals surface area (Å²) in [6, 6.07) is 5.18. The number of hydrogen-bond donors (Lipinski definition) is 1. The van der Waals surface area contributed by atoms with E-state index in [4.69, 9.17) is 4.74 Å². The Labute approximate surface area is 197 Å². The lowest BCUT2D eigenvalue weighted by Gasteiger charge is -2.22. The molecule has 4 rings (SSSR count). The zero-order chi connectivity index (χ0) is 24.5. The maximum atomic E-state index is 13.5. The number of ether oxygens (including phenoxy) is 1. The third kappa shape index (κ3) is 5.40. The molecule has 0 atom stereocenters. The van der Waals surface area contributed by atoms with Gasteiger partial charge in [-0.2, -0.15) is 5.10 Å². The van der Waals surface area contributed by atoms with Crippen LogP contribution in [0.25, 0.3) is 0 Å². The van der Waals surface area contributed by atoms with E-state index in [0.717, 1.165) is 18.0 Å². The number of aromatic nitrogens is 4. The lowest BCUT2D eigenvalue weighted by atomic mass is 10.1. The van der Waals surface area contributed by atoms with E-state index in [9.17, 15) is 13.6 Å². The van der Waals surface area contributed by atoms with Crippen molar-refractivity contribution in [2.75, 3.05) is 0 Å². The highest BCUT2D eigenvalue weighted by atomic mass is 19.3. The standard InChI is InChI=1S/C25H29F2N5O2/c1-15-21(23(33)30-13-18-8-7-17(12-29-18)11-16-5-6-16)31-32(25(2,3)4)24(15)34-20-14-28-10-9-19(20)22(26)27/h7-10,12,14,16,22H,5-6,11,13H2,1-4H3,(H,30,33). The second kappa shape index (κ2) is 9.48. The number of carbonyl (C=O) groups excluding carboxylic acids is 1. The van der Waals surface area contributed by atoms with Crippen molar-refractivity contribution in [3.8, 4) is 11.6 Å². The first-order valence-corrected chi connectivity index (χ1v) is 11.4. The molecule has 3 aromatic rings. The number of rotatable bonds is 8. The van der Waals surface area contributed by atoms with E-state index >= 15 is 0 Å². The SMILES string of the molecule is Cc1c(C(=O)NCc2ccc(CC3CC3)cn2)nn(C(C)(C)C)c1Oc1cnccc1C(F)F. The summed E-state index contributed by atoms with van der Waals surface area (Å²) in [5, 5.41) is 7.32. The second-order valence-corrected chi connectivity index (χ2v) is 9.67. The van der Waals surface area contributed by atoms with Gasteiger partial charge in [-0.15, -0.1) is 0 Å². The minimum atomic E-state index is -2.73. The van der Waals surface area contributed by atoms with Crippen molar-refractivity contribution < 1.29 is 18.3 Å². The van der Waals surface area contributed by atoms with Gasteiger partial charge in [0, 0.05) is 18.0 Å². The molecule has 0 radical (unpaired) electrons. The Balaban J connectivity index is 1.53. The largest absolute Gasteiger partial charge is 0.437 e. The Hall–Kier alpha value is -3.36. The molecule has 1 saturated carbocycles. The second-order valence-electron chi connectivity index (χ2n) is 9.67. The fraction of sp³-hybridized carbons (Fsp3) is 0.440. The van der Waals surface area contributed by atoms with Crippen molar-refractivity contribution in [1.82, 2.24) is 25.1 Å². The van der Waals surface area contributed by atoms with Crippen molar-refractivity contribution >= 4 is 5.91 Å². The Kier molecular flexibility index (Phi) is 6.63. The minimum absolute atomic E-state index is 0.0755. The molecule has 0 spiro atoms. The van der Waals surface area contributed by atoms with Gasteiger partial charge in [0.25, 0.3) is 12.3 Å². The number of carbonyl (C=O) groups is 1. The Bertz CT molecular complexity index is 1170. The number of pyridine rings is 2. The average Bonchev–Trinajstić information content (AvgIpc) is 3.54. The van der Waals surface area contributed by atoms with Crippen LogP contribution in [0.2, 0.25) is 0 Å². The van der Waals surface area contributed by atoms with Crippen molar-refractivity contribution in [3.05, 3.63) is 64.9 Å². The molecule has 1 amide bonds. The summed E-state index contributed by atoms with van der Waals surface area (Å²) < 4.78 is 34.3. The van der Waals surface area contributed by atoms with Crippen LogP contribution in [-0.2, 0) is 18.5 Å². The van der Waals surface area contributed by atoms with Gasteiger partial charge >= 0.3 is 0 Å². The lowest BCUT2D eigenvalue weighted by molar-refractivity contribution is 0.0943. The number of nitrogens with one attached hydrogen (secondary N) is 1. The van der Waals surface area contributed by atoms with E-state index in [1.807, 2.05) is 39.1 Å². The molecule has 7 nitrogen and oxygen atoms in total. The van der Waals surface area contributed by atoms with Crippen LogP contribution in [0.5, 0.6) is 11.6 Å². The highest BCUT2D eigenvalue weighted by Gasteiger charge is 2.29. The molecular formula is C25H29F2N5O2. The number of hydrogen-bond acceptors (Lipinski definition) is 5. The molecule has 1 fully saturated rings. The van der Waals surface area contributed by atoms with Crippen LogP contribution < -0.4 is 10.1 Å². The Morgan fingerprint density at radius 2 is 2.00 bits per heavy atom. The van der Waals surface area contributed by atoms with Crippen LogP contribution in [0.3, 0.4) is 0 Å². The van der Waals surface area contributed by atoms with Crippen molar-refractivity contribution in [2.45, 2.75) is 65.5 Å². The molecule has 0 unspecified atom stereocenters. The highest BCUT2D eigenvalue weighted by molar-refractivity contribution is 5.94. The molecular weight excluding hydrogens is 440 g/mol. The molecule has 0 bridgehead atoms.